The quantitative estimate of drug-likeness (QED) is 0.801. The highest BCUT2D eigenvalue weighted by Gasteiger charge is 2.27. The zero-order valence-electron chi connectivity index (χ0n) is 15.8. The number of hydroxylamine groups is 2. The lowest BCUT2D eigenvalue weighted by molar-refractivity contribution is -0.151. The maximum absolute atomic E-state index is 12.6. The van der Waals surface area contributed by atoms with Gasteiger partial charge in [0.1, 0.15) is 17.5 Å². The Morgan fingerprint density at radius 1 is 1.19 bits per heavy atom. The van der Waals surface area contributed by atoms with Gasteiger partial charge < -0.3 is 20.2 Å². The predicted molar refractivity (Wildman–Crippen MR) is 98.9 cm³/mol. The number of amides is 2. The largest absolute Gasteiger partial charge is 0.490 e. The SMILES string of the molecule is CON1CCC(CC(=O)N2CCC(Oc3ccnc(C(N)=O)c3)CC2)CC1. The molecule has 2 fully saturated rings. The fourth-order valence-corrected chi connectivity index (χ4v) is 3.71. The van der Waals surface area contributed by atoms with E-state index in [2.05, 4.69) is 4.98 Å². The third-order valence-electron chi connectivity index (χ3n) is 5.38. The number of rotatable bonds is 6. The van der Waals surface area contributed by atoms with E-state index < -0.39 is 5.91 Å². The molecule has 2 N–H and O–H groups in total. The van der Waals surface area contributed by atoms with Crippen LogP contribution in [0.25, 0.3) is 0 Å². The van der Waals surface area contributed by atoms with E-state index in [1.807, 2.05) is 9.96 Å². The summed E-state index contributed by atoms with van der Waals surface area (Å²) in [5.74, 6) is 0.705. The number of nitrogens with zero attached hydrogens (tertiary/aromatic N) is 3. The molecule has 0 spiro atoms. The van der Waals surface area contributed by atoms with Crippen molar-refractivity contribution in [3.8, 4) is 5.75 Å². The Hall–Kier alpha value is -2.19. The molecule has 8 nitrogen and oxygen atoms in total. The van der Waals surface area contributed by atoms with Crippen molar-refractivity contribution < 1.29 is 19.2 Å². The summed E-state index contributed by atoms with van der Waals surface area (Å²) < 4.78 is 5.94. The molecule has 27 heavy (non-hydrogen) atoms. The van der Waals surface area contributed by atoms with E-state index in [0.29, 0.717) is 31.2 Å². The minimum atomic E-state index is -0.572. The van der Waals surface area contributed by atoms with Crippen molar-refractivity contribution in [2.24, 2.45) is 11.7 Å². The highest BCUT2D eigenvalue weighted by atomic mass is 16.7. The molecule has 0 atom stereocenters. The van der Waals surface area contributed by atoms with Gasteiger partial charge in [0.15, 0.2) is 0 Å². The molecule has 3 rings (SSSR count). The number of likely N-dealkylation sites (tertiary alicyclic amines) is 1. The second-order valence-corrected chi connectivity index (χ2v) is 7.20. The summed E-state index contributed by atoms with van der Waals surface area (Å²) in [6.45, 7) is 3.19. The maximum atomic E-state index is 12.6. The van der Waals surface area contributed by atoms with Crippen molar-refractivity contribution in [3.05, 3.63) is 24.0 Å². The number of carbonyl (C=O) groups is 2. The molecule has 0 aromatic carbocycles. The molecule has 0 saturated carbocycles. The Labute approximate surface area is 159 Å². The second kappa shape index (κ2) is 9.14. The molecule has 1 aromatic rings. The first kappa shape index (κ1) is 19.6. The van der Waals surface area contributed by atoms with Gasteiger partial charge in [0.05, 0.1) is 7.11 Å². The van der Waals surface area contributed by atoms with Gasteiger partial charge in [-0.05, 0) is 24.8 Å². The molecule has 0 bridgehead atoms. The van der Waals surface area contributed by atoms with E-state index in [9.17, 15) is 9.59 Å². The lowest BCUT2D eigenvalue weighted by Gasteiger charge is -2.34. The van der Waals surface area contributed by atoms with Crippen molar-refractivity contribution in [2.45, 2.75) is 38.2 Å². The Balaban J connectivity index is 1.42. The van der Waals surface area contributed by atoms with Crippen LogP contribution < -0.4 is 10.5 Å². The lowest BCUT2D eigenvalue weighted by atomic mass is 9.93. The molecule has 0 aliphatic carbocycles. The van der Waals surface area contributed by atoms with Gasteiger partial charge in [0.2, 0.25) is 5.91 Å². The van der Waals surface area contributed by atoms with Crippen molar-refractivity contribution in [1.82, 2.24) is 14.9 Å². The van der Waals surface area contributed by atoms with Crippen LogP contribution in [0.2, 0.25) is 0 Å². The number of primary amides is 1. The molecule has 2 aliphatic rings. The average Bonchev–Trinajstić information content (AvgIpc) is 2.69. The van der Waals surface area contributed by atoms with Crippen LogP contribution in [0.3, 0.4) is 0 Å². The summed E-state index contributed by atoms with van der Waals surface area (Å²) in [5, 5.41) is 1.95. The van der Waals surface area contributed by atoms with Gasteiger partial charge in [-0.1, -0.05) is 0 Å². The number of hydrogen-bond acceptors (Lipinski definition) is 6. The summed E-state index contributed by atoms with van der Waals surface area (Å²) in [5.41, 5.74) is 5.44. The molecular formula is C19H28N4O4. The number of pyridine rings is 1. The molecule has 2 aliphatic heterocycles. The van der Waals surface area contributed by atoms with Gasteiger partial charge in [-0.25, -0.2) is 0 Å². The Kier molecular flexibility index (Phi) is 6.63. The monoisotopic (exact) mass is 376 g/mol. The van der Waals surface area contributed by atoms with Crippen LogP contribution >= 0.6 is 0 Å². The van der Waals surface area contributed by atoms with Crippen molar-refractivity contribution in [2.75, 3.05) is 33.3 Å². The van der Waals surface area contributed by atoms with E-state index in [4.69, 9.17) is 15.3 Å². The fraction of sp³-hybridized carbons (Fsp3) is 0.632. The van der Waals surface area contributed by atoms with Gasteiger partial charge >= 0.3 is 0 Å². The van der Waals surface area contributed by atoms with E-state index in [-0.39, 0.29) is 17.7 Å². The van der Waals surface area contributed by atoms with Gasteiger partial charge in [-0.3, -0.25) is 14.6 Å². The molecule has 1 aromatic heterocycles. The minimum absolute atomic E-state index is 0.0297. The zero-order chi connectivity index (χ0) is 19.2. The average molecular weight is 376 g/mol. The standard InChI is InChI=1S/C19H28N4O4/c1-26-23-10-3-14(4-11-23)12-18(24)22-8-5-15(6-9-22)27-16-2-7-21-17(13-16)19(20)25/h2,7,13-15H,3-6,8-12H2,1H3,(H2,20,25). The number of nitrogens with two attached hydrogens (primary N) is 1. The number of ether oxygens (including phenoxy) is 1. The van der Waals surface area contributed by atoms with Crippen LogP contribution in [0, 0.1) is 5.92 Å². The number of carbonyl (C=O) groups excluding carboxylic acids is 2. The summed E-state index contributed by atoms with van der Waals surface area (Å²) >= 11 is 0. The normalized spacial score (nSPS) is 19.8. The minimum Gasteiger partial charge on any atom is -0.490 e. The maximum Gasteiger partial charge on any atom is 0.267 e. The summed E-state index contributed by atoms with van der Waals surface area (Å²) in [6, 6.07) is 3.28. The summed E-state index contributed by atoms with van der Waals surface area (Å²) in [4.78, 5) is 34.9. The number of piperidine rings is 2. The van der Waals surface area contributed by atoms with E-state index in [1.54, 1.807) is 19.2 Å². The second-order valence-electron chi connectivity index (χ2n) is 7.20. The number of aromatic nitrogens is 1. The van der Waals surface area contributed by atoms with Gasteiger partial charge in [0, 0.05) is 57.7 Å². The third-order valence-corrected chi connectivity index (χ3v) is 5.38. The van der Waals surface area contributed by atoms with Crippen LogP contribution in [-0.4, -0.2) is 66.2 Å². The molecule has 2 saturated heterocycles. The Morgan fingerprint density at radius 3 is 2.52 bits per heavy atom. The molecular weight excluding hydrogens is 348 g/mol. The molecule has 0 unspecified atom stereocenters. The van der Waals surface area contributed by atoms with Crippen LogP contribution in [0.5, 0.6) is 5.75 Å². The van der Waals surface area contributed by atoms with Gasteiger partial charge in [-0.15, -0.1) is 0 Å². The topological polar surface area (TPSA) is 98.0 Å². The first-order valence-electron chi connectivity index (χ1n) is 9.54. The van der Waals surface area contributed by atoms with Gasteiger partial charge in [-0.2, -0.15) is 5.06 Å². The molecule has 148 valence electrons. The first-order chi connectivity index (χ1) is 13.0. The van der Waals surface area contributed by atoms with E-state index >= 15 is 0 Å². The van der Waals surface area contributed by atoms with Crippen molar-refractivity contribution in [3.63, 3.8) is 0 Å². The summed E-state index contributed by atoms with van der Waals surface area (Å²) in [6.07, 6.45) is 5.73. The fourth-order valence-electron chi connectivity index (χ4n) is 3.71. The molecule has 8 heteroatoms. The number of hydrogen-bond donors (Lipinski definition) is 1. The molecule has 2 amide bonds. The van der Waals surface area contributed by atoms with Crippen molar-refractivity contribution in [1.29, 1.82) is 0 Å². The third kappa shape index (κ3) is 5.40. The van der Waals surface area contributed by atoms with Crippen LogP contribution in [-0.2, 0) is 9.63 Å². The Bertz CT molecular complexity index is 653. The predicted octanol–water partition coefficient (Wildman–Crippen LogP) is 1.21. The first-order valence-corrected chi connectivity index (χ1v) is 9.54. The van der Waals surface area contributed by atoms with E-state index in [0.717, 1.165) is 38.8 Å². The summed E-state index contributed by atoms with van der Waals surface area (Å²) in [7, 11) is 1.69. The van der Waals surface area contributed by atoms with Gasteiger partial charge in [0.25, 0.3) is 5.91 Å². The highest BCUT2D eigenvalue weighted by Crippen LogP contribution is 2.24. The zero-order valence-corrected chi connectivity index (χ0v) is 15.8. The molecule has 0 radical (unpaired) electrons. The molecule has 3 heterocycles. The van der Waals surface area contributed by atoms with Crippen LogP contribution in [0.4, 0.5) is 0 Å². The Morgan fingerprint density at radius 2 is 1.89 bits per heavy atom. The lowest BCUT2D eigenvalue weighted by Crippen LogP contribution is -2.43. The van der Waals surface area contributed by atoms with Crippen molar-refractivity contribution >= 4 is 11.8 Å². The van der Waals surface area contributed by atoms with Crippen LogP contribution in [0.15, 0.2) is 18.3 Å². The highest BCUT2D eigenvalue weighted by molar-refractivity contribution is 5.91. The van der Waals surface area contributed by atoms with E-state index in [1.165, 1.54) is 6.20 Å². The van der Waals surface area contributed by atoms with Crippen LogP contribution in [0.1, 0.15) is 42.6 Å². The smallest absolute Gasteiger partial charge is 0.267 e.